The van der Waals surface area contributed by atoms with E-state index in [1.54, 1.807) is 0 Å². The Labute approximate surface area is 118 Å². The van der Waals surface area contributed by atoms with Crippen molar-refractivity contribution in [3.63, 3.8) is 0 Å². The van der Waals surface area contributed by atoms with Gasteiger partial charge in [0.2, 0.25) is 5.95 Å². The van der Waals surface area contributed by atoms with Gasteiger partial charge in [0.15, 0.2) is 5.12 Å². The predicted molar refractivity (Wildman–Crippen MR) is 69.9 cm³/mol. The molecule has 0 saturated heterocycles. The molecule has 0 aliphatic heterocycles. The molecule has 6 nitrogen and oxygen atoms in total. The van der Waals surface area contributed by atoms with E-state index < -0.39 is 29.7 Å². The molecule has 20 heavy (non-hydrogen) atoms. The van der Waals surface area contributed by atoms with Crippen molar-refractivity contribution >= 4 is 22.8 Å². The highest BCUT2D eigenvalue weighted by atomic mass is 32.2. The number of pyridine rings is 1. The molecule has 0 bridgehead atoms. The van der Waals surface area contributed by atoms with Crippen molar-refractivity contribution in [2.45, 2.75) is 25.6 Å². The average molecular weight is 303 g/mol. The highest BCUT2D eigenvalue weighted by Gasteiger charge is 2.22. The molecule has 110 valence electrons. The van der Waals surface area contributed by atoms with Crippen LogP contribution in [0.15, 0.2) is 12.3 Å². The fraction of sp³-hybridized carbons (Fsp3) is 0.417. The van der Waals surface area contributed by atoms with E-state index in [1.807, 2.05) is 0 Å². The number of carbonyl (C=O) groups is 2. The molecule has 2 atom stereocenters. The molecule has 0 fully saturated rings. The topological polar surface area (TPSA) is 108 Å². The van der Waals surface area contributed by atoms with Crippen LogP contribution in [0.5, 0.6) is 0 Å². The third-order valence-electron chi connectivity index (χ3n) is 2.52. The van der Waals surface area contributed by atoms with Gasteiger partial charge in [0, 0.05) is 24.4 Å². The molecule has 0 aliphatic rings. The fourth-order valence-electron chi connectivity index (χ4n) is 1.48. The van der Waals surface area contributed by atoms with E-state index in [4.69, 9.17) is 5.11 Å². The summed E-state index contributed by atoms with van der Waals surface area (Å²) in [6.45, 7) is 1.39. The number of aliphatic hydroxyl groups excluding tert-OH is 2. The second kappa shape index (κ2) is 7.32. The van der Waals surface area contributed by atoms with Crippen molar-refractivity contribution in [3.05, 3.63) is 29.3 Å². The Morgan fingerprint density at radius 2 is 2.10 bits per heavy atom. The molecule has 0 spiro atoms. The van der Waals surface area contributed by atoms with Gasteiger partial charge in [-0.05, 0) is 12.5 Å². The Morgan fingerprint density at radius 1 is 1.45 bits per heavy atom. The molecule has 0 aromatic carbocycles. The fourth-order valence-corrected chi connectivity index (χ4v) is 2.13. The van der Waals surface area contributed by atoms with Crippen LogP contribution in [-0.4, -0.2) is 43.2 Å². The molecule has 2 unspecified atom stereocenters. The number of aromatic nitrogens is 1. The highest BCUT2D eigenvalue weighted by Crippen LogP contribution is 2.21. The minimum absolute atomic E-state index is 0.00382. The maximum atomic E-state index is 13.1. The second-order valence-electron chi connectivity index (χ2n) is 4.05. The molecule has 0 saturated carbocycles. The summed E-state index contributed by atoms with van der Waals surface area (Å²) in [6, 6.07) is 0.927. The van der Waals surface area contributed by atoms with Crippen LogP contribution in [0.1, 0.15) is 35.4 Å². The number of halogens is 1. The molecule has 0 radical (unpaired) electrons. The number of carbonyl (C=O) groups excluding carboxylic acids is 1. The lowest BCUT2D eigenvalue weighted by Gasteiger charge is -2.17. The zero-order valence-electron chi connectivity index (χ0n) is 10.6. The van der Waals surface area contributed by atoms with Gasteiger partial charge >= 0.3 is 5.97 Å². The quantitative estimate of drug-likeness (QED) is 0.672. The van der Waals surface area contributed by atoms with Gasteiger partial charge < -0.3 is 15.3 Å². The van der Waals surface area contributed by atoms with Crippen LogP contribution in [0.3, 0.4) is 0 Å². The third kappa shape index (κ3) is 4.55. The first-order valence-electron chi connectivity index (χ1n) is 5.71. The number of rotatable bonds is 6. The predicted octanol–water partition coefficient (Wildman–Crippen LogP) is 0.983. The van der Waals surface area contributed by atoms with Crippen LogP contribution < -0.4 is 0 Å². The van der Waals surface area contributed by atoms with Crippen molar-refractivity contribution in [1.82, 2.24) is 4.98 Å². The third-order valence-corrected chi connectivity index (χ3v) is 3.36. The van der Waals surface area contributed by atoms with Gasteiger partial charge in [0.1, 0.15) is 11.7 Å². The number of hydrogen-bond acceptors (Lipinski definition) is 6. The summed E-state index contributed by atoms with van der Waals surface area (Å²) in [7, 11) is 0. The summed E-state index contributed by atoms with van der Waals surface area (Å²) >= 11 is 1.00. The SMILES string of the molecule is CC(=O)SCCC(O)C(O)c1cnc(F)c(C(=O)O)c1. The van der Waals surface area contributed by atoms with Crippen molar-refractivity contribution in [3.8, 4) is 0 Å². The monoisotopic (exact) mass is 303 g/mol. The first kappa shape index (κ1) is 16.5. The van der Waals surface area contributed by atoms with E-state index in [1.165, 1.54) is 6.92 Å². The molecular weight excluding hydrogens is 289 g/mol. The number of thioether (sulfide) groups is 1. The number of carboxylic acids is 1. The molecular formula is C12H14FNO5S. The highest BCUT2D eigenvalue weighted by molar-refractivity contribution is 8.13. The molecule has 1 rings (SSSR count). The summed E-state index contributed by atoms with van der Waals surface area (Å²) in [6.07, 6.45) is -1.50. The van der Waals surface area contributed by atoms with Crippen LogP contribution in [0, 0.1) is 5.95 Å². The van der Waals surface area contributed by atoms with E-state index in [2.05, 4.69) is 4.98 Å². The van der Waals surface area contributed by atoms with Crippen LogP contribution >= 0.6 is 11.8 Å². The molecule has 3 N–H and O–H groups in total. The minimum atomic E-state index is -1.51. The van der Waals surface area contributed by atoms with Gasteiger partial charge in [-0.25, -0.2) is 9.78 Å². The molecule has 1 aromatic rings. The lowest BCUT2D eigenvalue weighted by Crippen LogP contribution is -2.20. The maximum absolute atomic E-state index is 13.1. The van der Waals surface area contributed by atoms with Gasteiger partial charge in [-0.1, -0.05) is 11.8 Å². The lowest BCUT2D eigenvalue weighted by atomic mass is 10.0. The van der Waals surface area contributed by atoms with Crippen molar-refractivity contribution in [1.29, 1.82) is 0 Å². The lowest BCUT2D eigenvalue weighted by molar-refractivity contribution is -0.109. The largest absolute Gasteiger partial charge is 0.478 e. The first-order chi connectivity index (χ1) is 9.32. The van der Waals surface area contributed by atoms with Gasteiger partial charge in [-0.15, -0.1) is 0 Å². The van der Waals surface area contributed by atoms with E-state index in [0.29, 0.717) is 5.75 Å². The number of hydrogen-bond donors (Lipinski definition) is 3. The number of aliphatic hydroxyl groups is 2. The summed E-state index contributed by atoms with van der Waals surface area (Å²) < 4.78 is 13.1. The van der Waals surface area contributed by atoms with Gasteiger partial charge in [-0.2, -0.15) is 4.39 Å². The van der Waals surface area contributed by atoms with Gasteiger partial charge in [-0.3, -0.25) is 4.79 Å². The van der Waals surface area contributed by atoms with Crippen LogP contribution in [-0.2, 0) is 4.79 Å². The minimum Gasteiger partial charge on any atom is -0.478 e. The molecule has 1 aromatic heterocycles. The van der Waals surface area contributed by atoms with Crippen LogP contribution in [0.25, 0.3) is 0 Å². The Kier molecular flexibility index (Phi) is 6.05. The van der Waals surface area contributed by atoms with Crippen molar-refractivity contribution in [2.24, 2.45) is 0 Å². The number of carboxylic acid groups (broad SMARTS) is 1. The molecule has 8 heteroatoms. The van der Waals surface area contributed by atoms with Crippen LogP contribution in [0.4, 0.5) is 4.39 Å². The Morgan fingerprint density at radius 3 is 2.65 bits per heavy atom. The summed E-state index contributed by atoms with van der Waals surface area (Å²) in [5.74, 6) is -2.35. The van der Waals surface area contributed by atoms with E-state index in [9.17, 15) is 24.2 Å². The van der Waals surface area contributed by atoms with E-state index in [-0.39, 0.29) is 17.1 Å². The van der Waals surface area contributed by atoms with Gasteiger partial charge in [0.25, 0.3) is 0 Å². The Balaban J connectivity index is 2.76. The number of aromatic carboxylic acids is 1. The summed E-state index contributed by atoms with van der Waals surface area (Å²) in [5.41, 5.74) is -0.670. The zero-order chi connectivity index (χ0) is 15.3. The normalized spacial score (nSPS) is 13.8. The molecule has 0 aliphatic carbocycles. The standard InChI is InChI=1S/C12H14FNO5S/c1-6(15)20-3-2-9(16)10(17)7-4-8(12(18)19)11(13)14-5-7/h4-5,9-10,16-17H,2-3H2,1H3,(H,18,19). The smallest absolute Gasteiger partial charge is 0.340 e. The van der Waals surface area contributed by atoms with Crippen LogP contribution in [0.2, 0.25) is 0 Å². The van der Waals surface area contributed by atoms with E-state index in [0.717, 1.165) is 24.0 Å². The zero-order valence-corrected chi connectivity index (χ0v) is 11.4. The number of nitrogens with zero attached hydrogens (tertiary/aromatic N) is 1. The second-order valence-corrected chi connectivity index (χ2v) is 5.32. The Hall–Kier alpha value is -1.51. The average Bonchev–Trinajstić information content (AvgIpc) is 2.37. The van der Waals surface area contributed by atoms with Gasteiger partial charge in [0.05, 0.1) is 6.10 Å². The van der Waals surface area contributed by atoms with Crippen molar-refractivity contribution in [2.75, 3.05) is 5.75 Å². The summed E-state index contributed by atoms with van der Waals surface area (Å²) in [4.78, 5) is 24.7. The molecule has 1 heterocycles. The van der Waals surface area contributed by atoms with Crippen molar-refractivity contribution < 1.29 is 29.3 Å². The maximum Gasteiger partial charge on any atom is 0.340 e. The first-order valence-corrected chi connectivity index (χ1v) is 6.69. The Bertz CT molecular complexity index is 511. The van der Waals surface area contributed by atoms with E-state index >= 15 is 0 Å². The molecule has 0 amide bonds. The summed E-state index contributed by atoms with van der Waals surface area (Å²) in [5, 5.41) is 28.2.